The van der Waals surface area contributed by atoms with E-state index in [2.05, 4.69) is 0 Å². The molecule has 0 amide bonds. The van der Waals surface area contributed by atoms with Crippen molar-refractivity contribution < 1.29 is 14.9 Å². The first-order valence-electron chi connectivity index (χ1n) is 4.04. The fourth-order valence-corrected chi connectivity index (χ4v) is 3.87. The molecule has 2 aliphatic rings. The number of allylic oxidation sites excluding steroid dienone is 4. The second-order valence-corrected chi connectivity index (χ2v) is 6.72. The lowest BCUT2D eigenvalue weighted by molar-refractivity contribution is 0.313. The van der Waals surface area contributed by atoms with E-state index in [0.717, 1.165) is 0 Å². The second kappa shape index (κ2) is 5.06. The van der Waals surface area contributed by atoms with Crippen molar-refractivity contribution in [3.8, 4) is 0 Å². The number of hydrogen-bond donors (Lipinski definition) is 2. The van der Waals surface area contributed by atoms with Crippen molar-refractivity contribution in [2.45, 2.75) is 0 Å². The molecule has 80 valence electrons. The maximum atomic E-state index is 9.51. The quantitative estimate of drug-likeness (QED) is 0.663. The van der Waals surface area contributed by atoms with Gasteiger partial charge in [-0.15, -0.1) is 0 Å². The predicted molar refractivity (Wildman–Crippen MR) is 78.8 cm³/mol. The number of ether oxygens (including phenoxy) is 1. The van der Waals surface area contributed by atoms with Crippen molar-refractivity contribution in [2.24, 2.45) is 0 Å². The van der Waals surface area contributed by atoms with E-state index in [1.165, 1.54) is 0 Å². The molecule has 2 rings (SSSR count). The van der Waals surface area contributed by atoms with E-state index >= 15 is 0 Å². The minimum Gasteiger partial charge on any atom is -0.507 e. The Hall–Kier alpha value is -0.440. The number of aliphatic hydroxyl groups is 2. The van der Waals surface area contributed by atoms with Crippen LogP contribution in [-0.2, 0) is 4.74 Å². The SMILES string of the molecule is OC1=CI=CC(OC2=C(O)C=CI=C2)=C1. The van der Waals surface area contributed by atoms with Crippen molar-refractivity contribution in [1.29, 1.82) is 0 Å². The standard InChI is InChI=1S/C10H8I2O3/c13-7-3-8(5-12-4-7)15-10-6-11-2-1-9(10)14/h1-6,13-14H. The van der Waals surface area contributed by atoms with Crippen LogP contribution in [0.3, 0.4) is 0 Å². The summed E-state index contributed by atoms with van der Waals surface area (Å²) in [7, 11) is 0. The molecule has 0 aliphatic carbocycles. The fourth-order valence-electron chi connectivity index (χ4n) is 0.948. The average molecular weight is 430 g/mol. The summed E-state index contributed by atoms with van der Waals surface area (Å²) in [5.74, 6) is 1.54. The normalized spacial score (nSPS) is 20.0. The molecule has 2 aliphatic heterocycles. The van der Waals surface area contributed by atoms with Crippen molar-refractivity contribution in [1.82, 2.24) is 0 Å². The van der Waals surface area contributed by atoms with Crippen LogP contribution in [0.4, 0.5) is 0 Å². The molecule has 0 fully saturated rings. The number of rotatable bonds is 2. The molecule has 0 spiro atoms. The molecule has 0 bridgehead atoms. The molecule has 0 saturated heterocycles. The van der Waals surface area contributed by atoms with Gasteiger partial charge in [0.2, 0.25) is 0 Å². The fraction of sp³-hybridized carbons (Fsp3) is 0. The molecule has 0 aromatic rings. The maximum Gasteiger partial charge on any atom is 0.174 e. The summed E-state index contributed by atoms with van der Waals surface area (Å²) in [6, 6.07) is 0. The highest BCUT2D eigenvalue weighted by atomic mass is 127. The molecular formula is C10H8I2O3. The van der Waals surface area contributed by atoms with Gasteiger partial charge in [0.05, 0.1) is 0 Å². The van der Waals surface area contributed by atoms with Gasteiger partial charge in [0, 0.05) is 18.2 Å². The van der Waals surface area contributed by atoms with Gasteiger partial charge in [-0.05, 0) is 10.2 Å². The van der Waals surface area contributed by atoms with Crippen molar-refractivity contribution in [3.05, 3.63) is 43.4 Å². The van der Waals surface area contributed by atoms with Crippen LogP contribution in [-0.4, -0.2) is 18.2 Å². The van der Waals surface area contributed by atoms with Crippen LogP contribution in [0, 0.1) is 0 Å². The number of hydrogen-bond acceptors (Lipinski definition) is 3. The Bertz CT molecular complexity index is 453. The molecule has 5 heteroatoms. The highest BCUT2D eigenvalue weighted by Crippen LogP contribution is 2.21. The van der Waals surface area contributed by atoms with Gasteiger partial charge in [-0.1, -0.05) is 41.5 Å². The van der Waals surface area contributed by atoms with E-state index in [-0.39, 0.29) is 53.0 Å². The van der Waals surface area contributed by atoms with Crippen molar-refractivity contribution in [2.75, 3.05) is 0 Å². The third-order valence-corrected chi connectivity index (χ3v) is 5.24. The van der Waals surface area contributed by atoms with E-state index in [4.69, 9.17) is 4.74 Å². The molecule has 0 saturated carbocycles. The van der Waals surface area contributed by atoms with Crippen LogP contribution >= 0.6 is 41.5 Å². The second-order valence-electron chi connectivity index (χ2n) is 2.70. The van der Waals surface area contributed by atoms with Gasteiger partial charge in [0.1, 0.15) is 11.5 Å². The molecule has 2 heterocycles. The lowest BCUT2D eigenvalue weighted by Crippen LogP contribution is -2.01. The zero-order chi connectivity index (χ0) is 10.7. The Morgan fingerprint density at radius 2 is 2.00 bits per heavy atom. The summed E-state index contributed by atoms with van der Waals surface area (Å²) in [6.07, 6.45) is 3.23. The van der Waals surface area contributed by atoms with E-state index in [1.54, 1.807) is 16.2 Å². The number of halogens is 2. The lowest BCUT2D eigenvalue weighted by Gasteiger charge is -2.10. The minimum absolute atomic E-state index is 0.151. The zero-order valence-corrected chi connectivity index (χ0v) is 11.8. The van der Waals surface area contributed by atoms with E-state index in [1.807, 2.05) is 12.1 Å². The third kappa shape index (κ3) is 3.00. The van der Waals surface area contributed by atoms with Crippen LogP contribution in [0.5, 0.6) is 0 Å². The van der Waals surface area contributed by atoms with Crippen LogP contribution in [0.25, 0.3) is 0 Å². The van der Waals surface area contributed by atoms with Crippen LogP contribution in [0.15, 0.2) is 43.4 Å². The van der Waals surface area contributed by atoms with Crippen LogP contribution < -0.4 is 0 Å². The average Bonchev–Trinajstić information content (AvgIpc) is 2.22. The van der Waals surface area contributed by atoms with Crippen LogP contribution in [0.1, 0.15) is 0 Å². The van der Waals surface area contributed by atoms with Gasteiger partial charge in [0.15, 0.2) is 11.5 Å². The Morgan fingerprint density at radius 3 is 2.73 bits per heavy atom. The summed E-state index contributed by atoms with van der Waals surface area (Å²) in [5, 5.41) is 18.8. The first-order valence-corrected chi connectivity index (χ1v) is 9.03. The summed E-state index contributed by atoms with van der Waals surface area (Å²) < 4.78 is 13.1. The monoisotopic (exact) mass is 430 g/mol. The minimum atomic E-state index is -0.267. The molecular weight excluding hydrogens is 422 g/mol. The molecule has 2 N–H and O–H groups in total. The van der Waals surface area contributed by atoms with E-state index in [0.29, 0.717) is 11.5 Å². The Kier molecular flexibility index (Phi) is 3.73. The molecule has 3 nitrogen and oxygen atoms in total. The predicted octanol–water partition coefficient (Wildman–Crippen LogP) is 3.14. The summed E-state index contributed by atoms with van der Waals surface area (Å²) in [5.41, 5.74) is 0. The first-order chi connectivity index (χ1) is 7.25. The Labute approximate surface area is 107 Å². The highest BCUT2D eigenvalue weighted by Gasteiger charge is 2.08. The van der Waals surface area contributed by atoms with Crippen molar-refractivity contribution >= 4 is 49.5 Å². The Morgan fingerprint density at radius 1 is 1.13 bits per heavy atom. The lowest BCUT2D eigenvalue weighted by atomic mass is 10.4. The molecule has 0 radical (unpaired) electrons. The number of aliphatic hydroxyl groups excluding tert-OH is 2. The Balaban J connectivity index is 2.17. The van der Waals surface area contributed by atoms with Gasteiger partial charge in [-0.3, -0.25) is 0 Å². The van der Waals surface area contributed by atoms with Gasteiger partial charge >= 0.3 is 0 Å². The summed E-state index contributed by atoms with van der Waals surface area (Å²) in [6.45, 7) is 0. The molecule has 15 heavy (non-hydrogen) atoms. The molecule has 0 aromatic carbocycles. The summed E-state index contributed by atoms with van der Waals surface area (Å²) in [4.78, 5) is 0. The van der Waals surface area contributed by atoms with E-state index < -0.39 is 0 Å². The molecule has 0 unspecified atom stereocenters. The van der Waals surface area contributed by atoms with Gasteiger partial charge in [-0.25, -0.2) is 0 Å². The van der Waals surface area contributed by atoms with Crippen molar-refractivity contribution in [3.63, 3.8) is 0 Å². The van der Waals surface area contributed by atoms with Crippen LogP contribution in [0.2, 0.25) is 0 Å². The highest BCUT2D eigenvalue weighted by molar-refractivity contribution is 14.2. The van der Waals surface area contributed by atoms with E-state index in [9.17, 15) is 10.2 Å². The third-order valence-electron chi connectivity index (χ3n) is 1.57. The van der Waals surface area contributed by atoms with Gasteiger partial charge in [-0.2, -0.15) is 0 Å². The molecule has 0 atom stereocenters. The van der Waals surface area contributed by atoms with Gasteiger partial charge < -0.3 is 14.9 Å². The maximum absolute atomic E-state index is 9.51. The first kappa shape index (κ1) is 11.1. The largest absolute Gasteiger partial charge is 0.507 e. The smallest absolute Gasteiger partial charge is 0.174 e. The topological polar surface area (TPSA) is 49.7 Å². The molecule has 0 aromatic heterocycles. The summed E-state index contributed by atoms with van der Waals surface area (Å²) >= 11 is -0.417. The van der Waals surface area contributed by atoms with Gasteiger partial charge in [0.25, 0.3) is 0 Å². The zero-order valence-electron chi connectivity index (χ0n) is 7.52.